The number of hydrogen-bond acceptors (Lipinski definition) is 3. The van der Waals surface area contributed by atoms with E-state index in [4.69, 9.17) is 5.73 Å². The van der Waals surface area contributed by atoms with Gasteiger partial charge in [-0.25, -0.2) is 0 Å². The molecule has 17 heavy (non-hydrogen) atoms. The highest BCUT2D eigenvalue weighted by atomic mass is 32.1. The average Bonchev–Trinajstić information content (AvgIpc) is 2.83. The maximum Gasteiger partial charge on any atom is 0.0656 e. The van der Waals surface area contributed by atoms with Gasteiger partial charge < -0.3 is 5.73 Å². The van der Waals surface area contributed by atoms with Crippen LogP contribution in [0.1, 0.15) is 47.7 Å². The second-order valence-corrected chi connectivity index (χ2v) is 7.30. The zero-order chi connectivity index (χ0) is 12.6. The molecule has 2 aromatic rings. The molecule has 0 aromatic carbocycles. The molecule has 2 aromatic heterocycles. The highest BCUT2D eigenvalue weighted by molar-refractivity contribution is 7.12. The van der Waals surface area contributed by atoms with Crippen LogP contribution in [0.15, 0.2) is 22.9 Å². The van der Waals surface area contributed by atoms with E-state index in [1.165, 1.54) is 20.9 Å². The number of nitrogens with two attached hydrogens (primary N) is 1. The molecule has 1 unspecified atom stereocenters. The molecule has 0 bridgehead atoms. The second kappa shape index (κ2) is 4.56. The van der Waals surface area contributed by atoms with Crippen LogP contribution in [-0.4, -0.2) is 0 Å². The van der Waals surface area contributed by atoms with Crippen molar-refractivity contribution in [2.45, 2.75) is 39.2 Å². The van der Waals surface area contributed by atoms with Crippen LogP contribution in [0.5, 0.6) is 0 Å². The molecule has 0 amide bonds. The summed E-state index contributed by atoms with van der Waals surface area (Å²) in [6, 6.07) is 4.41. The van der Waals surface area contributed by atoms with Crippen LogP contribution in [0, 0.1) is 6.92 Å². The first-order valence-corrected chi connectivity index (χ1v) is 7.54. The summed E-state index contributed by atoms with van der Waals surface area (Å²) >= 11 is 3.56. The summed E-state index contributed by atoms with van der Waals surface area (Å²) in [4.78, 5) is 2.66. The molecule has 0 aliphatic carbocycles. The first-order valence-electron chi connectivity index (χ1n) is 5.78. The molecule has 1 nitrogen and oxygen atoms in total. The van der Waals surface area contributed by atoms with E-state index in [2.05, 4.69) is 50.6 Å². The van der Waals surface area contributed by atoms with E-state index in [9.17, 15) is 0 Å². The number of aryl methyl sites for hydroxylation is 1. The van der Waals surface area contributed by atoms with Gasteiger partial charge in [0.15, 0.2) is 0 Å². The lowest BCUT2D eigenvalue weighted by atomic mass is 9.95. The third kappa shape index (κ3) is 2.62. The normalized spacial score (nSPS) is 13.9. The van der Waals surface area contributed by atoms with Crippen molar-refractivity contribution in [2.75, 3.05) is 0 Å². The third-order valence-electron chi connectivity index (χ3n) is 2.90. The fourth-order valence-corrected chi connectivity index (χ4v) is 3.74. The van der Waals surface area contributed by atoms with Crippen LogP contribution in [0.4, 0.5) is 0 Å². The standard InChI is InChI=1S/C14H19NS2/c1-9-7-16-8-10(9)13(15)11-5-6-12(17-11)14(2,3)4/h5-8,13H,15H2,1-4H3. The Kier molecular flexibility index (Phi) is 3.43. The number of rotatable bonds is 2. The van der Waals surface area contributed by atoms with E-state index in [0.29, 0.717) is 0 Å². The third-order valence-corrected chi connectivity index (χ3v) is 5.38. The van der Waals surface area contributed by atoms with E-state index in [0.717, 1.165) is 0 Å². The summed E-state index contributed by atoms with van der Waals surface area (Å²) in [5, 5.41) is 4.32. The van der Waals surface area contributed by atoms with Crippen LogP contribution in [0.2, 0.25) is 0 Å². The van der Waals surface area contributed by atoms with Gasteiger partial charge in [-0.1, -0.05) is 20.8 Å². The van der Waals surface area contributed by atoms with Crippen molar-refractivity contribution in [3.8, 4) is 0 Å². The topological polar surface area (TPSA) is 26.0 Å². The minimum atomic E-state index is 0.0300. The van der Waals surface area contributed by atoms with Gasteiger partial charge in [-0.15, -0.1) is 11.3 Å². The summed E-state index contributed by atoms with van der Waals surface area (Å²) < 4.78 is 0. The minimum absolute atomic E-state index is 0.0300. The van der Waals surface area contributed by atoms with Crippen molar-refractivity contribution >= 4 is 22.7 Å². The molecule has 3 heteroatoms. The summed E-state index contributed by atoms with van der Waals surface area (Å²) in [6.07, 6.45) is 0. The molecule has 0 saturated carbocycles. The Morgan fingerprint density at radius 2 is 1.88 bits per heavy atom. The number of hydrogen-bond donors (Lipinski definition) is 1. The summed E-state index contributed by atoms with van der Waals surface area (Å²) in [6.45, 7) is 8.85. The van der Waals surface area contributed by atoms with Gasteiger partial charge in [-0.3, -0.25) is 0 Å². The highest BCUT2D eigenvalue weighted by Gasteiger charge is 2.19. The molecule has 0 aliphatic heterocycles. The predicted molar refractivity (Wildman–Crippen MR) is 78.1 cm³/mol. The molecule has 0 fully saturated rings. The van der Waals surface area contributed by atoms with Crippen molar-refractivity contribution in [2.24, 2.45) is 5.73 Å². The summed E-state index contributed by atoms with van der Waals surface area (Å²) in [7, 11) is 0. The smallest absolute Gasteiger partial charge is 0.0656 e. The molecule has 92 valence electrons. The zero-order valence-corrected chi connectivity index (χ0v) is 12.4. The number of thiophene rings is 2. The van der Waals surface area contributed by atoms with Gasteiger partial charge in [0.25, 0.3) is 0 Å². The lowest BCUT2D eigenvalue weighted by molar-refractivity contribution is 0.604. The molecular weight excluding hydrogens is 246 g/mol. The fourth-order valence-electron chi connectivity index (χ4n) is 1.77. The Bertz CT molecular complexity index is 502. The van der Waals surface area contributed by atoms with E-state index in [-0.39, 0.29) is 11.5 Å². The lowest BCUT2D eigenvalue weighted by Gasteiger charge is -2.16. The molecule has 0 aliphatic rings. The highest BCUT2D eigenvalue weighted by Crippen LogP contribution is 2.35. The van der Waals surface area contributed by atoms with Crippen molar-refractivity contribution in [1.29, 1.82) is 0 Å². The minimum Gasteiger partial charge on any atom is -0.320 e. The quantitative estimate of drug-likeness (QED) is 0.852. The molecule has 0 spiro atoms. The van der Waals surface area contributed by atoms with Crippen LogP contribution in [0.3, 0.4) is 0 Å². The molecule has 2 rings (SSSR count). The largest absolute Gasteiger partial charge is 0.320 e. The van der Waals surface area contributed by atoms with E-state index < -0.39 is 0 Å². The summed E-state index contributed by atoms with van der Waals surface area (Å²) in [5.74, 6) is 0. The van der Waals surface area contributed by atoms with Gasteiger partial charge in [-0.05, 0) is 46.4 Å². The van der Waals surface area contributed by atoms with Gasteiger partial charge in [0.1, 0.15) is 0 Å². The molecule has 2 N–H and O–H groups in total. The van der Waals surface area contributed by atoms with Crippen LogP contribution >= 0.6 is 22.7 Å². The van der Waals surface area contributed by atoms with E-state index >= 15 is 0 Å². The SMILES string of the molecule is Cc1cscc1C(N)c1ccc(C(C)(C)C)s1. The molecule has 2 heterocycles. The maximum atomic E-state index is 6.34. The fraction of sp³-hybridized carbons (Fsp3) is 0.429. The molecule has 0 radical (unpaired) electrons. The molecular formula is C14H19NS2. The lowest BCUT2D eigenvalue weighted by Crippen LogP contribution is -2.10. The first-order chi connectivity index (χ1) is 7.89. The monoisotopic (exact) mass is 265 g/mol. The first kappa shape index (κ1) is 12.8. The van der Waals surface area contributed by atoms with Gasteiger partial charge in [0, 0.05) is 9.75 Å². The Morgan fingerprint density at radius 3 is 2.35 bits per heavy atom. The van der Waals surface area contributed by atoms with Crippen molar-refractivity contribution < 1.29 is 0 Å². The van der Waals surface area contributed by atoms with Gasteiger partial charge in [0.2, 0.25) is 0 Å². The van der Waals surface area contributed by atoms with Gasteiger partial charge in [0.05, 0.1) is 6.04 Å². The van der Waals surface area contributed by atoms with E-state index in [1.54, 1.807) is 11.3 Å². The van der Waals surface area contributed by atoms with Crippen molar-refractivity contribution in [1.82, 2.24) is 0 Å². The maximum absolute atomic E-state index is 6.34. The van der Waals surface area contributed by atoms with E-state index in [1.807, 2.05) is 11.3 Å². The Balaban J connectivity index is 2.30. The van der Waals surface area contributed by atoms with Gasteiger partial charge >= 0.3 is 0 Å². The van der Waals surface area contributed by atoms with Crippen molar-refractivity contribution in [3.05, 3.63) is 43.8 Å². The predicted octanol–water partition coefficient (Wildman–Crippen LogP) is 4.46. The van der Waals surface area contributed by atoms with Crippen LogP contribution in [0.25, 0.3) is 0 Å². The van der Waals surface area contributed by atoms with Crippen molar-refractivity contribution in [3.63, 3.8) is 0 Å². The second-order valence-electron chi connectivity index (χ2n) is 5.44. The Labute approximate surface area is 111 Å². The zero-order valence-electron chi connectivity index (χ0n) is 10.8. The molecule has 1 atom stereocenters. The average molecular weight is 265 g/mol. The van der Waals surface area contributed by atoms with Gasteiger partial charge in [-0.2, -0.15) is 11.3 Å². The Morgan fingerprint density at radius 1 is 1.18 bits per heavy atom. The molecule has 0 saturated heterocycles. The van der Waals surface area contributed by atoms with Crippen LogP contribution in [-0.2, 0) is 5.41 Å². The van der Waals surface area contributed by atoms with Crippen LogP contribution < -0.4 is 5.73 Å². The Hall–Kier alpha value is -0.640. The summed E-state index contributed by atoms with van der Waals surface area (Å²) in [5.41, 5.74) is 9.11.